The van der Waals surface area contributed by atoms with E-state index in [0.29, 0.717) is 30.3 Å². The van der Waals surface area contributed by atoms with Crippen molar-refractivity contribution in [1.82, 2.24) is 49.8 Å². The highest BCUT2D eigenvalue weighted by molar-refractivity contribution is 7.88. The third kappa shape index (κ3) is 17.4. The first-order valence-corrected chi connectivity index (χ1v) is 41.4. The Morgan fingerprint density at radius 1 is 0.467 bits per heavy atom. The summed E-state index contributed by atoms with van der Waals surface area (Å²) in [5.74, 6) is -4.84. The lowest BCUT2D eigenvalue weighted by Gasteiger charge is -2.28. The van der Waals surface area contributed by atoms with Crippen LogP contribution in [0.5, 0.6) is 11.5 Å². The predicted molar refractivity (Wildman–Crippen MR) is 371 cm³/mol. The standard InChI is InChI=1S/C51H40Cl4N18O26S8/c1-2-23-35-40(99-39-27(59-35)9-11-29(41(39)106(92,93)94)56-13-14-58-46-64-43(53)65-47(70-46)61-24-6-3-20(100(74,75)76)17-31(24)103(83,84)85)34(52)36-37(23)98-38-28(60-36)10-12-30(42(38)107(95,96)97)57-15-16-73(50-68-44(54)66-48(71-50)62-25-7-4-21(101(77,78)79)18-32(25)104(86,87)88)51-69-45(55)67-49(72-51)63-26-8-5-22(102(80,81)82)19-33(26)105(89,90)91/h3-12,17-19,57,60H,2,13-16H2,1H3,(H,74,75,76)(H,77,78,79)(H,80,81,82)(H,83,84,85)(H,86,87,88)(H,89,90,91)(H,92,93,94)(H,95,96,97)(H,62,66,68,71)(H,63,67,69,72)(H2,58,61,64,65,70). The number of aryl methyl sites for hydroxylation is 1. The van der Waals surface area contributed by atoms with Crippen LogP contribution in [0.4, 0.5) is 69.8 Å². The molecule has 107 heavy (non-hydrogen) atoms. The molecule has 0 unspecified atom stereocenters. The van der Waals surface area contributed by atoms with E-state index >= 15 is 0 Å². The van der Waals surface area contributed by atoms with Crippen LogP contribution in [-0.2, 0) is 87.4 Å². The third-order valence-electron chi connectivity index (χ3n) is 14.3. The summed E-state index contributed by atoms with van der Waals surface area (Å²) in [5, 5.41) is 13.0. The van der Waals surface area contributed by atoms with Crippen LogP contribution in [0.1, 0.15) is 12.5 Å². The molecule has 0 radical (unpaired) electrons. The minimum atomic E-state index is -5.43. The summed E-state index contributed by atoms with van der Waals surface area (Å²) in [4.78, 5) is 37.9. The Morgan fingerprint density at radius 2 is 0.916 bits per heavy atom. The molecule has 8 aromatic rings. The average Bonchev–Trinajstić information content (AvgIpc) is 0.721. The Bertz CT molecular complexity index is 6300. The van der Waals surface area contributed by atoms with Crippen LogP contribution in [0, 0.1) is 0 Å². The first-order valence-electron chi connectivity index (χ1n) is 28.4. The average molecular weight is 1720 g/mol. The molecule has 3 aliphatic rings. The number of nitrogens with one attached hydrogen (secondary N) is 6. The zero-order valence-electron chi connectivity index (χ0n) is 52.1. The van der Waals surface area contributed by atoms with Gasteiger partial charge in [-0.3, -0.25) is 46.3 Å². The van der Waals surface area contributed by atoms with Crippen molar-refractivity contribution in [2.45, 2.75) is 52.5 Å². The number of halogens is 4. The summed E-state index contributed by atoms with van der Waals surface area (Å²) < 4.78 is 292. The number of hydrogen-bond acceptors (Lipinski definition) is 36. The molecule has 2 aliphatic heterocycles. The molecule has 11 rings (SSSR count). The SMILES string of the molecule is CCc1c2c(c(Cl)c3oc4c(S(=O)(=O)O)c(=NCCNc5nc(Cl)nc(Nc6ccc(S(=O)(=O)O)cc6S(=O)(=O)O)n5)ccc-4nc13)Nc1ccc(NCCN(c3nc(Cl)nc(Nc4ccc(S(=O)(=O)O)cc4S(=O)(=O)O)n3)c3nc(Cl)nc(Nc4ccc(S(=O)(=O)O)cc4S(=O)(=O)O)n3)c(S(=O)(=O)O)c1O2. The summed E-state index contributed by atoms with van der Waals surface area (Å²) in [7, 11) is -41.6. The Labute approximate surface area is 620 Å². The number of anilines is 12. The van der Waals surface area contributed by atoms with E-state index in [2.05, 4.69) is 86.7 Å². The van der Waals surface area contributed by atoms with Gasteiger partial charge in [0.15, 0.2) is 32.6 Å². The minimum absolute atomic E-state index is 0.0397. The van der Waals surface area contributed by atoms with Gasteiger partial charge >= 0.3 is 10.1 Å². The van der Waals surface area contributed by atoms with Crippen molar-refractivity contribution in [3.63, 3.8) is 0 Å². The van der Waals surface area contributed by atoms with E-state index < -0.39 is 218 Å². The molecule has 56 heteroatoms. The molecule has 0 spiro atoms. The number of aromatic nitrogens is 10. The second kappa shape index (κ2) is 29.0. The van der Waals surface area contributed by atoms with Crippen LogP contribution < -0.4 is 46.9 Å². The van der Waals surface area contributed by atoms with Crippen molar-refractivity contribution >= 4 is 208 Å². The third-order valence-corrected chi connectivity index (χ3v) is 22.2. The van der Waals surface area contributed by atoms with Gasteiger partial charge < -0.3 is 41.1 Å². The maximum atomic E-state index is 13.7. The molecule has 0 bridgehead atoms. The Hall–Kier alpha value is -9.41. The molecule has 5 heterocycles. The minimum Gasteiger partial charge on any atom is -0.451 e. The van der Waals surface area contributed by atoms with E-state index in [0.717, 1.165) is 41.3 Å². The van der Waals surface area contributed by atoms with Crippen molar-refractivity contribution in [3.05, 3.63) is 111 Å². The molecule has 0 atom stereocenters. The lowest BCUT2D eigenvalue weighted by atomic mass is 10.0. The number of rotatable bonds is 25. The molecule has 0 fully saturated rings. The number of nitrogens with zero attached hydrogens (tertiary/aromatic N) is 12. The number of benzene rings is 6. The second-order valence-electron chi connectivity index (χ2n) is 21.3. The van der Waals surface area contributed by atoms with Gasteiger partial charge in [-0.2, -0.15) is 112 Å². The van der Waals surface area contributed by atoms with Crippen molar-refractivity contribution in [2.75, 3.05) is 63.0 Å². The first-order chi connectivity index (χ1) is 49.6. The Balaban J connectivity index is 0.912. The largest absolute Gasteiger partial charge is 0.451 e. The van der Waals surface area contributed by atoms with Gasteiger partial charge in [0.25, 0.3) is 70.8 Å². The molecule has 44 nitrogen and oxygen atoms in total. The van der Waals surface area contributed by atoms with Crippen LogP contribution in [0.3, 0.4) is 0 Å². The fourth-order valence-electron chi connectivity index (χ4n) is 9.95. The molecule has 566 valence electrons. The fraction of sp³-hybridized carbons (Fsp3) is 0.118. The van der Waals surface area contributed by atoms with Gasteiger partial charge in [0.05, 0.1) is 55.0 Å². The lowest BCUT2D eigenvalue weighted by Crippen LogP contribution is -2.29. The molecule has 0 amide bonds. The summed E-state index contributed by atoms with van der Waals surface area (Å²) in [6, 6.07) is 10.5. The van der Waals surface area contributed by atoms with Gasteiger partial charge in [0.1, 0.15) is 36.6 Å². The van der Waals surface area contributed by atoms with Crippen LogP contribution in [0.25, 0.3) is 22.6 Å². The Morgan fingerprint density at radius 3 is 1.36 bits per heavy atom. The predicted octanol–water partition coefficient (Wildman–Crippen LogP) is 5.98. The van der Waals surface area contributed by atoms with E-state index in [1.807, 2.05) is 0 Å². The zero-order valence-corrected chi connectivity index (χ0v) is 61.7. The van der Waals surface area contributed by atoms with Crippen LogP contribution in [0.15, 0.2) is 127 Å². The topological polar surface area (TPSA) is 674 Å². The lowest BCUT2D eigenvalue weighted by molar-refractivity contribution is 0.446. The molecular formula is C51H40Cl4N18O26S8. The fourth-order valence-corrected chi connectivity index (χ4v) is 16.0. The van der Waals surface area contributed by atoms with Crippen LogP contribution in [0.2, 0.25) is 20.9 Å². The highest BCUT2D eigenvalue weighted by atomic mass is 35.5. The summed E-state index contributed by atoms with van der Waals surface area (Å²) >= 11 is 25.9. The van der Waals surface area contributed by atoms with Gasteiger partial charge in [-0.25, -0.2) is 4.98 Å². The van der Waals surface area contributed by atoms with Crippen LogP contribution >= 0.6 is 46.4 Å². The molecular weight excluding hydrogens is 1680 g/mol. The zero-order chi connectivity index (χ0) is 78.2. The smallest absolute Gasteiger partial charge is 0.300 e. The van der Waals surface area contributed by atoms with Crippen molar-refractivity contribution in [3.8, 4) is 23.0 Å². The molecule has 1 aliphatic carbocycles. The van der Waals surface area contributed by atoms with E-state index in [-0.39, 0.29) is 70.0 Å². The van der Waals surface area contributed by atoms with Gasteiger partial charge in [-0.15, -0.1) is 0 Å². The summed E-state index contributed by atoms with van der Waals surface area (Å²) in [6.45, 7) is -0.164. The second-order valence-corrected chi connectivity index (χ2v) is 33.8. The number of ether oxygens (including phenoxy) is 1. The quantitative estimate of drug-likeness (QED) is 0.0178. The normalized spacial score (nSPS) is 13.1. The number of hydrogen-bond donors (Lipinski definition) is 14. The van der Waals surface area contributed by atoms with E-state index in [1.165, 1.54) is 12.1 Å². The number of fused-ring (bicyclic) bond motifs is 4. The van der Waals surface area contributed by atoms with E-state index in [1.54, 1.807) is 6.92 Å². The maximum Gasteiger partial charge on any atom is 0.300 e. The summed E-state index contributed by atoms with van der Waals surface area (Å²) in [5.41, 5.74) is -3.09. The summed E-state index contributed by atoms with van der Waals surface area (Å²) in [6.07, 6.45) is -0.0397. The molecule has 0 saturated carbocycles. The molecule has 14 N–H and O–H groups in total. The molecule has 5 aromatic carbocycles. The Kier molecular flexibility index (Phi) is 21.3. The van der Waals surface area contributed by atoms with Crippen LogP contribution in [-0.4, -0.2) is 180 Å². The van der Waals surface area contributed by atoms with Crippen molar-refractivity contribution < 1.29 is 113 Å². The highest BCUT2D eigenvalue weighted by Crippen LogP contribution is 2.54. The molecule has 0 saturated heterocycles. The molecule has 3 aromatic heterocycles. The van der Waals surface area contributed by atoms with Gasteiger partial charge in [-0.05, 0) is 120 Å². The van der Waals surface area contributed by atoms with Gasteiger partial charge in [-0.1, -0.05) is 18.5 Å². The van der Waals surface area contributed by atoms with E-state index in [9.17, 15) is 104 Å². The van der Waals surface area contributed by atoms with Gasteiger partial charge in [0, 0.05) is 25.2 Å². The van der Waals surface area contributed by atoms with Crippen molar-refractivity contribution in [1.29, 1.82) is 0 Å². The monoisotopic (exact) mass is 1720 g/mol. The first kappa shape index (κ1) is 78.7. The van der Waals surface area contributed by atoms with Gasteiger partial charge in [0.2, 0.25) is 51.5 Å². The maximum absolute atomic E-state index is 13.7. The highest BCUT2D eigenvalue weighted by Gasteiger charge is 2.36. The van der Waals surface area contributed by atoms with Crippen molar-refractivity contribution in [2.24, 2.45) is 4.99 Å². The van der Waals surface area contributed by atoms with E-state index in [4.69, 9.17) is 55.6 Å².